The van der Waals surface area contributed by atoms with Gasteiger partial charge in [0.1, 0.15) is 18.3 Å². The van der Waals surface area contributed by atoms with Gasteiger partial charge < -0.3 is 24.8 Å². The molecule has 8 nitrogen and oxygen atoms in total. The van der Waals surface area contributed by atoms with Crippen molar-refractivity contribution in [2.24, 2.45) is 0 Å². The van der Waals surface area contributed by atoms with Crippen molar-refractivity contribution in [2.75, 3.05) is 13.7 Å². The number of aromatic nitrogens is 2. The number of aliphatic hydroxyl groups is 3. The van der Waals surface area contributed by atoms with Crippen molar-refractivity contribution in [3.8, 4) is 5.75 Å². The molecule has 0 amide bonds. The van der Waals surface area contributed by atoms with Gasteiger partial charge in [-0.15, -0.1) is 0 Å². The highest BCUT2D eigenvalue weighted by atomic mass is 32.1. The van der Waals surface area contributed by atoms with Crippen LogP contribution in [0.1, 0.15) is 6.23 Å². The molecule has 2 heterocycles. The number of hydrogen-bond acceptors (Lipinski definition) is 7. The summed E-state index contributed by atoms with van der Waals surface area (Å²) >= 11 is 4.97. The first kappa shape index (κ1) is 14.2. The third-order valence-corrected chi connectivity index (χ3v) is 3.26. The van der Waals surface area contributed by atoms with Gasteiger partial charge in [-0.3, -0.25) is 14.3 Å². The first-order valence-electron chi connectivity index (χ1n) is 5.51. The average molecular weight is 290 g/mol. The first-order valence-corrected chi connectivity index (χ1v) is 5.92. The Bertz CT molecular complexity index is 570. The zero-order valence-electron chi connectivity index (χ0n) is 10.0. The maximum atomic E-state index is 11.5. The molecule has 0 aromatic carbocycles. The van der Waals surface area contributed by atoms with Crippen molar-refractivity contribution >= 4 is 12.2 Å². The van der Waals surface area contributed by atoms with Gasteiger partial charge in [0.2, 0.25) is 5.75 Å². The molecule has 106 valence electrons. The van der Waals surface area contributed by atoms with Crippen LogP contribution in [-0.4, -0.2) is 56.9 Å². The highest BCUT2D eigenvalue weighted by Crippen LogP contribution is 2.29. The lowest BCUT2D eigenvalue weighted by molar-refractivity contribution is -0.0543. The number of aromatic amines is 1. The minimum absolute atomic E-state index is 0.00802. The van der Waals surface area contributed by atoms with E-state index in [9.17, 15) is 15.0 Å². The lowest BCUT2D eigenvalue weighted by atomic mass is 10.1. The molecule has 0 aliphatic carbocycles. The van der Waals surface area contributed by atoms with Crippen molar-refractivity contribution in [1.29, 1.82) is 0 Å². The Morgan fingerprint density at radius 1 is 1.53 bits per heavy atom. The third kappa shape index (κ3) is 2.42. The average Bonchev–Trinajstić information content (AvgIpc) is 2.67. The van der Waals surface area contributed by atoms with E-state index in [1.165, 1.54) is 17.9 Å². The van der Waals surface area contributed by atoms with E-state index in [2.05, 4.69) is 4.98 Å². The van der Waals surface area contributed by atoms with E-state index in [4.69, 9.17) is 26.8 Å². The molecule has 1 aliphatic heterocycles. The summed E-state index contributed by atoms with van der Waals surface area (Å²) < 4.78 is 11.4. The highest BCUT2D eigenvalue weighted by Gasteiger charge is 2.43. The maximum absolute atomic E-state index is 11.5. The van der Waals surface area contributed by atoms with Gasteiger partial charge in [-0.1, -0.05) is 0 Å². The van der Waals surface area contributed by atoms with Crippen molar-refractivity contribution in [2.45, 2.75) is 24.5 Å². The third-order valence-electron chi connectivity index (χ3n) is 2.95. The Kier molecular flexibility index (Phi) is 4.02. The van der Waals surface area contributed by atoms with E-state index in [0.717, 1.165) is 0 Å². The molecule has 0 saturated carbocycles. The van der Waals surface area contributed by atoms with Crippen LogP contribution in [0.2, 0.25) is 0 Å². The Morgan fingerprint density at radius 3 is 2.74 bits per heavy atom. The summed E-state index contributed by atoms with van der Waals surface area (Å²) in [6.45, 7) is -0.442. The number of nitrogens with one attached hydrogen (secondary N) is 1. The topological polar surface area (TPSA) is 117 Å². The SMILES string of the molecule is COc1cn([C@@H]2O[C@H](CO)[C@@H](O)[C@H]2O)c(=S)[nH]c1=O. The summed E-state index contributed by atoms with van der Waals surface area (Å²) in [5.41, 5.74) is -0.504. The van der Waals surface area contributed by atoms with Crippen LogP contribution in [0.5, 0.6) is 5.75 Å². The number of methoxy groups -OCH3 is 1. The fraction of sp³-hybridized carbons (Fsp3) is 0.600. The molecule has 0 spiro atoms. The smallest absolute Gasteiger partial charge is 0.294 e. The van der Waals surface area contributed by atoms with Gasteiger partial charge in [0.25, 0.3) is 5.56 Å². The van der Waals surface area contributed by atoms with Crippen LogP contribution in [-0.2, 0) is 4.74 Å². The minimum atomic E-state index is -1.28. The summed E-state index contributed by atoms with van der Waals surface area (Å²) in [7, 11) is 1.31. The number of hydrogen-bond donors (Lipinski definition) is 4. The van der Waals surface area contributed by atoms with Crippen LogP contribution in [0, 0.1) is 4.77 Å². The second-order valence-corrected chi connectivity index (χ2v) is 4.48. The van der Waals surface area contributed by atoms with Crippen LogP contribution in [0.15, 0.2) is 11.0 Å². The lowest BCUT2D eigenvalue weighted by Gasteiger charge is -2.18. The number of H-pyrrole nitrogens is 1. The number of aliphatic hydroxyl groups excluding tert-OH is 3. The zero-order valence-corrected chi connectivity index (χ0v) is 10.8. The van der Waals surface area contributed by atoms with Gasteiger partial charge >= 0.3 is 0 Å². The van der Waals surface area contributed by atoms with E-state index in [0.29, 0.717) is 0 Å². The van der Waals surface area contributed by atoms with Gasteiger partial charge in [-0.25, -0.2) is 0 Å². The molecule has 0 radical (unpaired) electrons. The zero-order chi connectivity index (χ0) is 14.2. The number of nitrogens with zero attached hydrogens (tertiary/aromatic N) is 1. The standard InChI is InChI=1S/C10H14N2O6S/c1-17-4-2-12(10(19)11-8(4)16)9-7(15)6(14)5(3-13)18-9/h2,5-7,9,13-15H,3H2,1H3,(H,11,16,19)/t5-,6-,7-,9-/m1/s1. The van der Waals surface area contributed by atoms with Crippen LogP contribution in [0.25, 0.3) is 0 Å². The number of ether oxygens (including phenoxy) is 2. The molecule has 1 fully saturated rings. The van der Waals surface area contributed by atoms with Gasteiger partial charge in [-0.2, -0.15) is 0 Å². The minimum Gasteiger partial charge on any atom is -0.490 e. The molecule has 2 rings (SSSR count). The molecule has 1 aliphatic rings. The van der Waals surface area contributed by atoms with Gasteiger partial charge in [0.15, 0.2) is 11.0 Å². The summed E-state index contributed by atoms with van der Waals surface area (Å²) in [5, 5.41) is 28.6. The molecular weight excluding hydrogens is 276 g/mol. The van der Waals surface area contributed by atoms with E-state index in [1.807, 2.05) is 0 Å². The second-order valence-electron chi connectivity index (χ2n) is 4.09. The van der Waals surface area contributed by atoms with Crippen molar-refractivity contribution in [3.05, 3.63) is 21.3 Å². The predicted molar refractivity (Wildman–Crippen MR) is 65.4 cm³/mol. The van der Waals surface area contributed by atoms with Gasteiger partial charge in [0, 0.05) is 0 Å². The highest BCUT2D eigenvalue weighted by molar-refractivity contribution is 7.71. The van der Waals surface area contributed by atoms with Crippen LogP contribution in [0.4, 0.5) is 0 Å². The quantitative estimate of drug-likeness (QED) is 0.502. The van der Waals surface area contributed by atoms with Crippen LogP contribution in [0.3, 0.4) is 0 Å². The molecule has 0 unspecified atom stereocenters. The first-order chi connectivity index (χ1) is 8.99. The molecule has 19 heavy (non-hydrogen) atoms. The van der Waals surface area contributed by atoms with Gasteiger partial charge in [-0.05, 0) is 12.2 Å². The van der Waals surface area contributed by atoms with Gasteiger partial charge in [0.05, 0.1) is 19.9 Å². The molecule has 4 N–H and O–H groups in total. The summed E-state index contributed by atoms with van der Waals surface area (Å²) in [4.78, 5) is 13.8. The summed E-state index contributed by atoms with van der Waals surface area (Å²) in [6, 6.07) is 0. The molecule has 1 saturated heterocycles. The number of rotatable bonds is 3. The normalized spacial score (nSPS) is 30.5. The van der Waals surface area contributed by atoms with E-state index in [1.54, 1.807) is 0 Å². The van der Waals surface area contributed by atoms with E-state index >= 15 is 0 Å². The van der Waals surface area contributed by atoms with Crippen molar-refractivity contribution in [1.82, 2.24) is 9.55 Å². The fourth-order valence-electron chi connectivity index (χ4n) is 1.91. The van der Waals surface area contributed by atoms with E-state index < -0.39 is 36.7 Å². The largest absolute Gasteiger partial charge is 0.490 e. The molecule has 0 bridgehead atoms. The Balaban J connectivity index is 2.43. The van der Waals surface area contributed by atoms with Crippen LogP contribution >= 0.6 is 12.2 Å². The van der Waals surface area contributed by atoms with E-state index in [-0.39, 0.29) is 10.5 Å². The maximum Gasteiger partial charge on any atom is 0.294 e. The summed E-state index contributed by atoms with van der Waals surface area (Å²) in [6.07, 6.45) is -3.17. The molecule has 1 aromatic rings. The lowest BCUT2D eigenvalue weighted by Crippen LogP contribution is -2.33. The Morgan fingerprint density at radius 2 is 2.21 bits per heavy atom. The molecule has 1 aromatic heterocycles. The molecular formula is C10H14N2O6S. The second kappa shape index (κ2) is 5.39. The van der Waals surface area contributed by atoms with Crippen molar-refractivity contribution < 1.29 is 24.8 Å². The van der Waals surface area contributed by atoms with Crippen molar-refractivity contribution in [3.63, 3.8) is 0 Å². The summed E-state index contributed by atoms with van der Waals surface area (Å²) in [5.74, 6) is -0.00802. The fourth-order valence-corrected chi connectivity index (χ4v) is 2.16. The monoisotopic (exact) mass is 290 g/mol. The predicted octanol–water partition coefficient (Wildman–Crippen LogP) is -1.47. The Labute approximate surface area is 112 Å². The van der Waals surface area contributed by atoms with Crippen LogP contribution < -0.4 is 10.3 Å². The molecule has 4 atom stereocenters. The Hall–Kier alpha value is -1.26. The molecule has 9 heteroatoms.